The van der Waals surface area contributed by atoms with Crippen LogP contribution < -0.4 is 0 Å². The van der Waals surface area contributed by atoms with Crippen LogP contribution in [0.25, 0.3) is 0 Å². The van der Waals surface area contributed by atoms with Gasteiger partial charge in [-0.1, -0.05) is 65.5 Å². The zero-order valence-corrected chi connectivity index (χ0v) is 20.6. The molecular formula is C28H50O. The number of ether oxygens (including phenoxy) is 1. The smallest absolute Gasteiger partial charge is 0.0687 e. The topological polar surface area (TPSA) is 9.23 Å². The third-order valence-electron chi connectivity index (χ3n) is 7.89. The second-order valence-electron chi connectivity index (χ2n) is 12.8. The lowest BCUT2D eigenvalue weighted by Crippen LogP contribution is -2.34. The van der Waals surface area contributed by atoms with Crippen LogP contribution in [-0.2, 0) is 4.74 Å². The maximum atomic E-state index is 7.00. The average Bonchev–Trinajstić information content (AvgIpc) is 3.27. The van der Waals surface area contributed by atoms with E-state index >= 15 is 0 Å². The van der Waals surface area contributed by atoms with E-state index in [-0.39, 0.29) is 5.60 Å². The minimum atomic E-state index is 0.165. The van der Waals surface area contributed by atoms with Crippen LogP contribution in [0.15, 0.2) is 11.6 Å². The van der Waals surface area contributed by atoms with Crippen LogP contribution in [0.3, 0.4) is 0 Å². The van der Waals surface area contributed by atoms with E-state index in [1.165, 1.54) is 77.0 Å². The van der Waals surface area contributed by atoms with Gasteiger partial charge in [-0.15, -0.1) is 0 Å². The first-order valence-electron chi connectivity index (χ1n) is 13.0. The van der Waals surface area contributed by atoms with Crippen molar-refractivity contribution in [3.63, 3.8) is 0 Å². The van der Waals surface area contributed by atoms with Crippen LogP contribution in [0.4, 0.5) is 0 Å². The quantitative estimate of drug-likeness (QED) is 0.404. The van der Waals surface area contributed by atoms with Crippen molar-refractivity contribution in [1.29, 1.82) is 0 Å². The molecule has 0 aromatic rings. The molecule has 3 aliphatic carbocycles. The van der Waals surface area contributed by atoms with Crippen LogP contribution in [0, 0.1) is 35.0 Å². The van der Waals surface area contributed by atoms with Gasteiger partial charge in [-0.05, 0) is 99.7 Å². The van der Waals surface area contributed by atoms with E-state index in [0.717, 1.165) is 36.2 Å². The molecule has 1 nitrogen and oxygen atoms in total. The normalized spacial score (nSPS) is 36.4. The highest BCUT2D eigenvalue weighted by molar-refractivity contribution is 5.04. The van der Waals surface area contributed by atoms with E-state index in [1.807, 2.05) is 0 Å². The molecule has 29 heavy (non-hydrogen) atoms. The van der Waals surface area contributed by atoms with Crippen molar-refractivity contribution in [2.45, 2.75) is 124 Å². The van der Waals surface area contributed by atoms with Gasteiger partial charge < -0.3 is 4.74 Å². The number of fused-ring (bicyclic) bond motifs is 1. The highest BCUT2D eigenvalue weighted by atomic mass is 16.5. The number of hydrogen-bond donors (Lipinski definition) is 0. The molecule has 168 valence electrons. The molecule has 0 aliphatic heterocycles. The van der Waals surface area contributed by atoms with Crippen LogP contribution >= 0.6 is 0 Å². The fraction of sp³-hybridized carbons (Fsp3) is 0.929. The van der Waals surface area contributed by atoms with Gasteiger partial charge in [-0.25, -0.2) is 0 Å². The maximum Gasteiger partial charge on any atom is 0.0687 e. The van der Waals surface area contributed by atoms with Crippen molar-refractivity contribution in [3.05, 3.63) is 11.6 Å². The Kier molecular flexibility index (Phi) is 7.96. The van der Waals surface area contributed by atoms with E-state index < -0.39 is 0 Å². The first kappa shape index (κ1) is 23.4. The lowest BCUT2D eigenvalue weighted by Gasteiger charge is -2.34. The largest absolute Gasteiger partial charge is 0.375 e. The SMILES string of the molecule is CC1=CCCCCCC2CC2C(COC2(CC(C)C)CCC(CC(C)(C)C)C2)C1. The van der Waals surface area contributed by atoms with Crippen molar-refractivity contribution >= 4 is 0 Å². The molecule has 0 N–H and O–H groups in total. The van der Waals surface area contributed by atoms with Gasteiger partial charge in [-0.3, -0.25) is 0 Å². The number of rotatable bonds is 6. The minimum absolute atomic E-state index is 0.165. The Hall–Kier alpha value is -0.300. The molecule has 5 unspecified atom stereocenters. The molecule has 3 rings (SSSR count). The summed E-state index contributed by atoms with van der Waals surface area (Å²) in [6.45, 7) is 15.4. The van der Waals surface area contributed by atoms with Crippen molar-refractivity contribution in [3.8, 4) is 0 Å². The summed E-state index contributed by atoms with van der Waals surface area (Å²) in [5, 5.41) is 0. The molecule has 0 bridgehead atoms. The minimum Gasteiger partial charge on any atom is -0.375 e. The molecule has 0 aromatic carbocycles. The zero-order chi connectivity index (χ0) is 21.1. The van der Waals surface area contributed by atoms with Crippen molar-refractivity contribution in [2.24, 2.45) is 35.0 Å². The molecule has 0 amide bonds. The molecule has 0 saturated heterocycles. The standard InChI is InChI=1S/C28H50O/c1-21(2)17-28(14-13-23(19-28)18-27(4,5)6)29-20-25-15-22(3)11-9-7-8-10-12-24-16-26(24)25/h11,21,23-26H,7-10,12-20H2,1-6H3. The summed E-state index contributed by atoms with van der Waals surface area (Å²) in [4.78, 5) is 0. The molecule has 0 aromatic heterocycles. The second kappa shape index (κ2) is 9.88. The molecule has 1 heteroatoms. The molecule has 3 aliphatic rings. The summed E-state index contributed by atoms with van der Waals surface area (Å²) in [7, 11) is 0. The van der Waals surface area contributed by atoms with Crippen molar-refractivity contribution < 1.29 is 4.74 Å². The first-order chi connectivity index (χ1) is 13.7. The molecular weight excluding hydrogens is 352 g/mol. The maximum absolute atomic E-state index is 7.00. The second-order valence-corrected chi connectivity index (χ2v) is 12.8. The van der Waals surface area contributed by atoms with E-state index in [4.69, 9.17) is 4.74 Å². The van der Waals surface area contributed by atoms with Gasteiger partial charge in [0.05, 0.1) is 12.2 Å². The van der Waals surface area contributed by atoms with Gasteiger partial charge in [0.2, 0.25) is 0 Å². The van der Waals surface area contributed by atoms with Gasteiger partial charge in [-0.2, -0.15) is 0 Å². The van der Waals surface area contributed by atoms with E-state index in [0.29, 0.717) is 5.41 Å². The summed E-state index contributed by atoms with van der Waals surface area (Å²) in [6.07, 6.45) is 18.9. The van der Waals surface area contributed by atoms with Crippen molar-refractivity contribution in [2.75, 3.05) is 6.61 Å². The molecule has 5 atom stereocenters. The van der Waals surface area contributed by atoms with Crippen LogP contribution in [-0.4, -0.2) is 12.2 Å². The third-order valence-corrected chi connectivity index (χ3v) is 7.89. The number of allylic oxidation sites excluding steroid dienone is 2. The fourth-order valence-electron chi connectivity index (χ4n) is 6.73. The fourth-order valence-corrected chi connectivity index (χ4v) is 6.73. The highest BCUT2D eigenvalue weighted by Gasteiger charge is 2.45. The Labute approximate surface area is 182 Å². The number of hydrogen-bond acceptors (Lipinski definition) is 1. The monoisotopic (exact) mass is 402 g/mol. The Morgan fingerprint density at radius 2 is 1.93 bits per heavy atom. The Morgan fingerprint density at radius 1 is 1.14 bits per heavy atom. The van der Waals surface area contributed by atoms with Gasteiger partial charge in [0.1, 0.15) is 0 Å². The van der Waals surface area contributed by atoms with E-state index in [9.17, 15) is 0 Å². The Morgan fingerprint density at radius 3 is 2.66 bits per heavy atom. The summed E-state index contributed by atoms with van der Waals surface area (Å²) < 4.78 is 7.00. The Bertz CT molecular complexity index is 539. The van der Waals surface area contributed by atoms with Crippen LogP contribution in [0.5, 0.6) is 0 Å². The van der Waals surface area contributed by atoms with E-state index in [1.54, 1.807) is 5.57 Å². The summed E-state index contributed by atoms with van der Waals surface area (Å²) in [5.41, 5.74) is 2.23. The van der Waals surface area contributed by atoms with E-state index in [2.05, 4.69) is 47.6 Å². The average molecular weight is 403 g/mol. The molecule has 2 saturated carbocycles. The molecule has 0 spiro atoms. The summed E-state index contributed by atoms with van der Waals surface area (Å²) >= 11 is 0. The van der Waals surface area contributed by atoms with Crippen LogP contribution in [0.1, 0.15) is 119 Å². The van der Waals surface area contributed by atoms with Gasteiger partial charge in [0.25, 0.3) is 0 Å². The zero-order valence-electron chi connectivity index (χ0n) is 20.6. The van der Waals surface area contributed by atoms with Crippen LogP contribution in [0.2, 0.25) is 0 Å². The first-order valence-corrected chi connectivity index (χ1v) is 13.0. The Balaban J connectivity index is 1.63. The van der Waals surface area contributed by atoms with Gasteiger partial charge in [0.15, 0.2) is 0 Å². The third kappa shape index (κ3) is 7.41. The summed E-state index contributed by atoms with van der Waals surface area (Å²) in [6, 6.07) is 0. The lowest BCUT2D eigenvalue weighted by atomic mass is 9.82. The van der Waals surface area contributed by atoms with Gasteiger partial charge in [0, 0.05) is 0 Å². The predicted molar refractivity (Wildman–Crippen MR) is 126 cm³/mol. The predicted octanol–water partition coefficient (Wildman–Crippen LogP) is 8.58. The summed E-state index contributed by atoms with van der Waals surface area (Å²) in [5.74, 6) is 4.30. The molecule has 0 heterocycles. The van der Waals surface area contributed by atoms with Crippen molar-refractivity contribution in [1.82, 2.24) is 0 Å². The van der Waals surface area contributed by atoms with Gasteiger partial charge >= 0.3 is 0 Å². The molecule has 0 radical (unpaired) electrons. The highest BCUT2D eigenvalue weighted by Crippen LogP contribution is 2.51. The lowest BCUT2D eigenvalue weighted by molar-refractivity contribution is -0.0749. The molecule has 2 fully saturated rings.